The van der Waals surface area contributed by atoms with Crippen LogP contribution in [-0.4, -0.2) is 18.0 Å². The molecule has 0 aromatic heterocycles. The molecule has 2 nitrogen and oxygen atoms in total. The zero-order chi connectivity index (χ0) is 10.5. The van der Waals surface area contributed by atoms with Crippen molar-refractivity contribution in [3.05, 3.63) is 35.4 Å². The normalized spacial score (nSPS) is 15.7. The molecule has 0 aliphatic carbocycles. The molecule has 0 N–H and O–H groups in total. The van der Waals surface area contributed by atoms with Crippen molar-refractivity contribution in [3.8, 4) is 6.07 Å². The summed E-state index contributed by atoms with van der Waals surface area (Å²) in [5.74, 6) is 0. The molecule has 1 aliphatic rings. The summed E-state index contributed by atoms with van der Waals surface area (Å²) < 4.78 is 0. The molecular weight excluding hydrogens is 184 g/mol. The number of fused-ring (bicyclic) bond motifs is 1. The van der Waals surface area contributed by atoms with Crippen LogP contribution in [0.25, 0.3) is 0 Å². The maximum atomic E-state index is 8.48. The van der Waals surface area contributed by atoms with Crippen LogP contribution < -0.4 is 0 Å². The molecular formula is C13H16N2. The Kier molecular flexibility index (Phi) is 3.37. The van der Waals surface area contributed by atoms with Crippen LogP contribution in [0.1, 0.15) is 24.0 Å². The van der Waals surface area contributed by atoms with Gasteiger partial charge in [-0.05, 0) is 30.5 Å². The SMILES string of the molecule is N#CCCCN1CCc2ccccc2C1. The lowest BCUT2D eigenvalue weighted by Gasteiger charge is -2.28. The van der Waals surface area contributed by atoms with Crippen LogP contribution in [0.2, 0.25) is 0 Å². The summed E-state index contributed by atoms with van der Waals surface area (Å²) in [5, 5.41) is 8.48. The lowest BCUT2D eigenvalue weighted by molar-refractivity contribution is 0.252. The number of benzene rings is 1. The highest BCUT2D eigenvalue weighted by Gasteiger charge is 2.14. The summed E-state index contributed by atoms with van der Waals surface area (Å²) in [6, 6.07) is 10.9. The largest absolute Gasteiger partial charge is 0.299 e. The van der Waals surface area contributed by atoms with Crippen LogP contribution in [-0.2, 0) is 13.0 Å². The summed E-state index contributed by atoms with van der Waals surface area (Å²) in [6.45, 7) is 3.26. The minimum atomic E-state index is 0.679. The minimum Gasteiger partial charge on any atom is -0.299 e. The van der Waals surface area contributed by atoms with Gasteiger partial charge >= 0.3 is 0 Å². The van der Waals surface area contributed by atoms with Gasteiger partial charge < -0.3 is 0 Å². The molecule has 1 aliphatic heterocycles. The first-order valence-corrected chi connectivity index (χ1v) is 5.56. The number of hydrogen-bond donors (Lipinski definition) is 0. The predicted molar refractivity (Wildman–Crippen MR) is 60.3 cm³/mol. The Bertz CT molecular complexity index is 365. The number of rotatable bonds is 3. The van der Waals surface area contributed by atoms with Gasteiger partial charge in [0, 0.05) is 19.5 Å². The van der Waals surface area contributed by atoms with Gasteiger partial charge in [0.1, 0.15) is 0 Å². The third-order valence-corrected chi connectivity index (χ3v) is 2.97. The first-order valence-electron chi connectivity index (χ1n) is 5.56. The molecule has 0 unspecified atom stereocenters. The first kappa shape index (κ1) is 10.2. The van der Waals surface area contributed by atoms with Crippen LogP contribution in [0, 0.1) is 11.3 Å². The van der Waals surface area contributed by atoms with Gasteiger partial charge in [-0.15, -0.1) is 0 Å². The number of nitriles is 1. The van der Waals surface area contributed by atoms with Gasteiger partial charge in [0.05, 0.1) is 6.07 Å². The fraction of sp³-hybridized carbons (Fsp3) is 0.462. The monoisotopic (exact) mass is 200 g/mol. The highest BCUT2D eigenvalue weighted by atomic mass is 15.1. The molecule has 0 atom stereocenters. The Morgan fingerprint density at radius 1 is 1.27 bits per heavy atom. The second-order valence-corrected chi connectivity index (χ2v) is 4.06. The molecule has 1 aromatic carbocycles. The van der Waals surface area contributed by atoms with E-state index in [1.54, 1.807) is 0 Å². The number of hydrogen-bond acceptors (Lipinski definition) is 2. The van der Waals surface area contributed by atoms with E-state index in [1.165, 1.54) is 11.1 Å². The Morgan fingerprint density at radius 2 is 2.07 bits per heavy atom. The molecule has 0 fully saturated rings. The molecule has 0 amide bonds. The van der Waals surface area contributed by atoms with E-state index in [9.17, 15) is 0 Å². The molecule has 0 bridgehead atoms. The highest BCUT2D eigenvalue weighted by Crippen LogP contribution is 2.18. The van der Waals surface area contributed by atoms with E-state index in [0.717, 1.165) is 32.5 Å². The standard InChI is InChI=1S/C13H16N2/c14-8-3-4-9-15-10-7-12-5-1-2-6-13(12)11-15/h1-2,5-6H,3-4,7,9-11H2. The van der Waals surface area contributed by atoms with Crippen molar-refractivity contribution in [3.63, 3.8) is 0 Å². The molecule has 2 heteroatoms. The second kappa shape index (κ2) is 4.95. The number of nitrogens with zero attached hydrogens (tertiary/aromatic N) is 2. The maximum Gasteiger partial charge on any atom is 0.0622 e. The summed E-state index contributed by atoms with van der Waals surface area (Å²) in [5.41, 5.74) is 2.95. The van der Waals surface area contributed by atoms with Gasteiger partial charge in [-0.25, -0.2) is 0 Å². The molecule has 2 rings (SSSR count). The van der Waals surface area contributed by atoms with Crippen LogP contribution in [0.5, 0.6) is 0 Å². The zero-order valence-corrected chi connectivity index (χ0v) is 8.95. The Labute approximate surface area is 91.1 Å². The second-order valence-electron chi connectivity index (χ2n) is 4.06. The van der Waals surface area contributed by atoms with Crippen molar-refractivity contribution in [1.82, 2.24) is 4.90 Å². The highest BCUT2D eigenvalue weighted by molar-refractivity contribution is 5.28. The van der Waals surface area contributed by atoms with Crippen molar-refractivity contribution in [2.45, 2.75) is 25.8 Å². The van der Waals surface area contributed by atoms with Crippen molar-refractivity contribution in [2.75, 3.05) is 13.1 Å². The van der Waals surface area contributed by atoms with Crippen molar-refractivity contribution in [1.29, 1.82) is 5.26 Å². The van der Waals surface area contributed by atoms with Crippen LogP contribution in [0.15, 0.2) is 24.3 Å². The summed E-state index contributed by atoms with van der Waals surface area (Å²) in [6.07, 6.45) is 2.83. The van der Waals surface area contributed by atoms with E-state index in [0.29, 0.717) is 6.42 Å². The lowest BCUT2D eigenvalue weighted by atomic mass is 10.00. The fourth-order valence-corrected chi connectivity index (χ4v) is 2.13. The van der Waals surface area contributed by atoms with Gasteiger partial charge in [-0.3, -0.25) is 4.90 Å². The average molecular weight is 200 g/mol. The molecule has 0 saturated heterocycles. The maximum absolute atomic E-state index is 8.48. The molecule has 1 heterocycles. The zero-order valence-electron chi connectivity index (χ0n) is 8.95. The van der Waals surface area contributed by atoms with Gasteiger partial charge in [0.25, 0.3) is 0 Å². The van der Waals surface area contributed by atoms with E-state index in [4.69, 9.17) is 5.26 Å². The Balaban J connectivity index is 1.92. The molecule has 0 saturated carbocycles. The predicted octanol–water partition coefficient (Wildman–Crippen LogP) is 2.35. The van der Waals surface area contributed by atoms with Crippen LogP contribution in [0.3, 0.4) is 0 Å². The van der Waals surface area contributed by atoms with Crippen molar-refractivity contribution in [2.24, 2.45) is 0 Å². The number of unbranched alkanes of at least 4 members (excludes halogenated alkanes) is 1. The van der Waals surface area contributed by atoms with Crippen LogP contribution >= 0.6 is 0 Å². The van der Waals surface area contributed by atoms with Gasteiger partial charge in [-0.2, -0.15) is 5.26 Å². The molecule has 78 valence electrons. The lowest BCUT2D eigenvalue weighted by Crippen LogP contribution is -2.31. The quantitative estimate of drug-likeness (QED) is 0.700. The Morgan fingerprint density at radius 3 is 2.87 bits per heavy atom. The Hall–Kier alpha value is -1.33. The summed E-state index contributed by atoms with van der Waals surface area (Å²) >= 11 is 0. The molecule has 0 radical (unpaired) electrons. The van der Waals surface area contributed by atoms with E-state index < -0.39 is 0 Å². The molecule has 15 heavy (non-hydrogen) atoms. The average Bonchev–Trinajstić information content (AvgIpc) is 2.29. The minimum absolute atomic E-state index is 0.679. The molecule has 1 aromatic rings. The first-order chi connectivity index (χ1) is 7.40. The summed E-state index contributed by atoms with van der Waals surface area (Å²) in [7, 11) is 0. The van der Waals surface area contributed by atoms with E-state index >= 15 is 0 Å². The van der Waals surface area contributed by atoms with Gasteiger partial charge in [0.15, 0.2) is 0 Å². The van der Waals surface area contributed by atoms with Gasteiger partial charge in [-0.1, -0.05) is 24.3 Å². The third-order valence-electron chi connectivity index (χ3n) is 2.97. The fourth-order valence-electron chi connectivity index (χ4n) is 2.13. The van der Waals surface area contributed by atoms with E-state index in [2.05, 4.69) is 35.2 Å². The van der Waals surface area contributed by atoms with E-state index in [-0.39, 0.29) is 0 Å². The van der Waals surface area contributed by atoms with Crippen LogP contribution in [0.4, 0.5) is 0 Å². The topological polar surface area (TPSA) is 27.0 Å². The van der Waals surface area contributed by atoms with Crippen molar-refractivity contribution >= 4 is 0 Å². The smallest absolute Gasteiger partial charge is 0.0622 e. The molecule has 0 spiro atoms. The third kappa shape index (κ3) is 2.57. The van der Waals surface area contributed by atoms with Gasteiger partial charge in [0.2, 0.25) is 0 Å². The van der Waals surface area contributed by atoms with E-state index in [1.807, 2.05) is 0 Å². The summed E-state index contributed by atoms with van der Waals surface area (Å²) in [4.78, 5) is 2.44. The van der Waals surface area contributed by atoms with Crippen molar-refractivity contribution < 1.29 is 0 Å².